The molecule has 35 heavy (non-hydrogen) atoms. The van der Waals surface area contributed by atoms with Gasteiger partial charge in [0.1, 0.15) is 15.5 Å². The van der Waals surface area contributed by atoms with E-state index in [-0.39, 0.29) is 30.3 Å². The number of nitrogens with one attached hydrogen (secondary N) is 1. The predicted molar refractivity (Wildman–Crippen MR) is 135 cm³/mol. The Bertz CT molecular complexity index is 1270. The maximum atomic E-state index is 13.5. The van der Waals surface area contributed by atoms with Crippen molar-refractivity contribution in [2.45, 2.75) is 57.5 Å². The van der Waals surface area contributed by atoms with Gasteiger partial charge >= 0.3 is 0 Å². The molecule has 1 amide bonds. The Morgan fingerprint density at radius 1 is 1.26 bits per heavy atom. The Balaban J connectivity index is 1.25. The van der Waals surface area contributed by atoms with Crippen molar-refractivity contribution in [3.8, 4) is 0 Å². The Labute approximate surface area is 206 Å². The van der Waals surface area contributed by atoms with Gasteiger partial charge in [-0.15, -0.1) is 11.3 Å². The standard InChI is InChI=1S/C25H30F2N6OS/c1-13-3-6-17-21(29)22(35-24(17)30-13)23(34)31-16-5-7-19-14(9-16)4-8-20(32-19)33-11-15(18(28)12-33)10-25(2,26)27/h3-4,6,8,15-16,18H,5,7,9-12,28-29H2,1-2H3,(H,31,34)/t15-,16-,18+/m0/s1. The fourth-order valence-corrected chi connectivity index (χ4v) is 6.21. The molecule has 186 valence electrons. The molecule has 5 N–H and O–H groups in total. The van der Waals surface area contributed by atoms with E-state index in [1.165, 1.54) is 11.3 Å². The molecule has 1 aliphatic heterocycles. The first-order valence-corrected chi connectivity index (χ1v) is 12.7. The topological polar surface area (TPSA) is 110 Å². The molecule has 1 aliphatic carbocycles. The highest BCUT2D eigenvalue weighted by Gasteiger charge is 2.37. The second-order valence-corrected chi connectivity index (χ2v) is 10.9. The van der Waals surface area contributed by atoms with Gasteiger partial charge in [0, 0.05) is 48.4 Å². The maximum absolute atomic E-state index is 13.5. The number of aryl methyl sites for hydroxylation is 2. The molecule has 0 spiro atoms. The lowest BCUT2D eigenvalue weighted by Crippen LogP contribution is -2.39. The quantitative estimate of drug-likeness (QED) is 0.493. The van der Waals surface area contributed by atoms with Gasteiger partial charge in [-0.2, -0.15) is 0 Å². The molecule has 2 aliphatic rings. The minimum Gasteiger partial charge on any atom is -0.397 e. The first kappa shape index (κ1) is 23.9. The number of amides is 1. The smallest absolute Gasteiger partial charge is 0.263 e. The molecule has 0 aromatic carbocycles. The summed E-state index contributed by atoms with van der Waals surface area (Å²) in [7, 11) is 0. The SMILES string of the molecule is Cc1ccc2c(N)c(C(=O)N[C@H]3CCc4nc(N5C[C@H](CC(C)(F)F)[C@H](N)C5)ccc4C3)sc2n1. The summed E-state index contributed by atoms with van der Waals surface area (Å²) in [4.78, 5) is 25.6. The second-order valence-electron chi connectivity index (χ2n) is 9.94. The molecule has 1 fully saturated rings. The molecule has 0 unspecified atom stereocenters. The number of hydrogen-bond acceptors (Lipinski definition) is 7. The number of nitrogens with two attached hydrogens (primary N) is 2. The zero-order valence-corrected chi connectivity index (χ0v) is 20.7. The zero-order chi connectivity index (χ0) is 24.9. The van der Waals surface area contributed by atoms with Crippen LogP contribution in [0.5, 0.6) is 0 Å². The normalized spacial score (nSPS) is 22.4. The van der Waals surface area contributed by atoms with Crippen LogP contribution in [0.25, 0.3) is 10.2 Å². The Morgan fingerprint density at radius 2 is 2.06 bits per heavy atom. The molecular weight excluding hydrogens is 470 g/mol. The van der Waals surface area contributed by atoms with E-state index in [1.54, 1.807) is 0 Å². The number of hydrogen-bond donors (Lipinski definition) is 3. The molecule has 0 saturated carbocycles. The van der Waals surface area contributed by atoms with Crippen molar-refractivity contribution in [3.63, 3.8) is 0 Å². The third-order valence-electron chi connectivity index (χ3n) is 6.96. The highest BCUT2D eigenvalue weighted by Crippen LogP contribution is 2.34. The number of halogens is 2. The van der Waals surface area contributed by atoms with E-state index in [0.717, 1.165) is 52.8 Å². The number of pyridine rings is 2. The van der Waals surface area contributed by atoms with Crippen molar-refractivity contribution in [1.29, 1.82) is 0 Å². The second kappa shape index (κ2) is 8.98. The van der Waals surface area contributed by atoms with E-state index < -0.39 is 5.92 Å². The summed E-state index contributed by atoms with van der Waals surface area (Å²) in [6.45, 7) is 3.87. The highest BCUT2D eigenvalue weighted by atomic mass is 32.1. The van der Waals surface area contributed by atoms with E-state index in [4.69, 9.17) is 16.5 Å². The van der Waals surface area contributed by atoms with E-state index >= 15 is 0 Å². The number of aromatic nitrogens is 2. The average molecular weight is 501 g/mol. The number of rotatable bonds is 5. The van der Waals surface area contributed by atoms with Crippen LogP contribution in [0.2, 0.25) is 0 Å². The molecule has 0 radical (unpaired) electrons. The first-order valence-electron chi connectivity index (χ1n) is 11.9. The molecule has 0 bridgehead atoms. The number of anilines is 2. The molecule has 10 heteroatoms. The lowest BCUT2D eigenvalue weighted by Gasteiger charge is -2.26. The van der Waals surface area contributed by atoms with E-state index in [0.29, 0.717) is 30.1 Å². The number of fused-ring (bicyclic) bond motifs is 2. The van der Waals surface area contributed by atoms with Crippen molar-refractivity contribution in [2.75, 3.05) is 23.7 Å². The number of nitrogens with zero attached hydrogens (tertiary/aromatic N) is 3. The van der Waals surface area contributed by atoms with Crippen LogP contribution in [0.3, 0.4) is 0 Å². The van der Waals surface area contributed by atoms with Crippen LogP contribution in [0.15, 0.2) is 24.3 Å². The predicted octanol–water partition coefficient (Wildman–Crippen LogP) is 3.68. The summed E-state index contributed by atoms with van der Waals surface area (Å²) in [5.74, 6) is -2.37. The Hall–Kier alpha value is -2.85. The van der Waals surface area contributed by atoms with Gasteiger partial charge in [0.2, 0.25) is 5.92 Å². The number of carbonyl (C=O) groups excluding carboxylic acids is 1. The van der Waals surface area contributed by atoms with Gasteiger partial charge in [-0.1, -0.05) is 6.07 Å². The summed E-state index contributed by atoms with van der Waals surface area (Å²) >= 11 is 1.32. The summed E-state index contributed by atoms with van der Waals surface area (Å²) in [5, 5.41) is 3.94. The van der Waals surface area contributed by atoms with Gasteiger partial charge in [-0.3, -0.25) is 4.79 Å². The lowest BCUT2D eigenvalue weighted by atomic mass is 9.91. The third-order valence-corrected chi connectivity index (χ3v) is 8.07. The Kier molecular flexibility index (Phi) is 6.13. The van der Waals surface area contributed by atoms with Crippen LogP contribution >= 0.6 is 11.3 Å². The van der Waals surface area contributed by atoms with Crippen LogP contribution in [-0.4, -0.2) is 47.0 Å². The minimum atomic E-state index is -2.73. The van der Waals surface area contributed by atoms with Crippen LogP contribution < -0.4 is 21.7 Å². The molecular formula is C25H30F2N6OS. The van der Waals surface area contributed by atoms with Crippen molar-refractivity contribution >= 4 is 39.0 Å². The molecule has 7 nitrogen and oxygen atoms in total. The molecule has 4 heterocycles. The summed E-state index contributed by atoms with van der Waals surface area (Å²) < 4.78 is 27.0. The van der Waals surface area contributed by atoms with Gasteiger partial charge in [0.25, 0.3) is 5.91 Å². The third kappa shape index (κ3) is 4.95. The summed E-state index contributed by atoms with van der Waals surface area (Å²) in [5.41, 5.74) is 15.8. The van der Waals surface area contributed by atoms with Crippen LogP contribution in [0.1, 0.15) is 46.4 Å². The molecule has 5 rings (SSSR count). The average Bonchev–Trinajstić information content (AvgIpc) is 3.31. The monoisotopic (exact) mass is 500 g/mol. The molecule has 3 atom stereocenters. The largest absolute Gasteiger partial charge is 0.397 e. The number of nitrogen functional groups attached to an aromatic ring is 1. The number of thiophene rings is 1. The van der Waals surface area contributed by atoms with Gasteiger partial charge < -0.3 is 21.7 Å². The molecule has 1 saturated heterocycles. The first-order chi connectivity index (χ1) is 16.6. The van der Waals surface area contributed by atoms with Crippen molar-refractivity contribution < 1.29 is 13.6 Å². The van der Waals surface area contributed by atoms with Crippen molar-refractivity contribution in [2.24, 2.45) is 11.7 Å². The summed E-state index contributed by atoms with van der Waals surface area (Å²) in [6, 6.07) is 7.45. The van der Waals surface area contributed by atoms with E-state index in [2.05, 4.69) is 10.3 Å². The van der Waals surface area contributed by atoms with Gasteiger partial charge in [-0.25, -0.2) is 18.7 Å². The van der Waals surface area contributed by atoms with Gasteiger partial charge in [-0.05, 0) is 62.8 Å². The zero-order valence-electron chi connectivity index (χ0n) is 19.9. The number of alkyl halides is 2. The van der Waals surface area contributed by atoms with Crippen LogP contribution in [0.4, 0.5) is 20.3 Å². The van der Waals surface area contributed by atoms with Gasteiger partial charge in [0.15, 0.2) is 0 Å². The fraction of sp³-hybridized carbons (Fsp3) is 0.480. The minimum absolute atomic E-state index is 0.0154. The maximum Gasteiger partial charge on any atom is 0.263 e. The van der Waals surface area contributed by atoms with Crippen molar-refractivity contribution in [1.82, 2.24) is 15.3 Å². The molecule has 3 aromatic heterocycles. The van der Waals surface area contributed by atoms with Gasteiger partial charge in [0.05, 0.1) is 5.69 Å². The highest BCUT2D eigenvalue weighted by molar-refractivity contribution is 7.21. The Morgan fingerprint density at radius 3 is 2.83 bits per heavy atom. The van der Waals surface area contributed by atoms with E-state index in [1.807, 2.05) is 36.1 Å². The lowest BCUT2D eigenvalue weighted by molar-refractivity contribution is -0.00267. The van der Waals surface area contributed by atoms with Crippen LogP contribution in [-0.2, 0) is 12.8 Å². The number of carbonyl (C=O) groups is 1. The molecule has 3 aromatic rings. The van der Waals surface area contributed by atoms with E-state index in [9.17, 15) is 13.6 Å². The summed E-state index contributed by atoms with van der Waals surface area (Å²) in [6.07, 6.45) is 1.96. The van der Waals surface area contributed by atoms with Crippen LogP contribution in [0, 0.1) is 12.8 Å². The van der Waals surface area contributed by atoms with Crippen molar-refractivity contribution in [3.05, 3.63) is 46.1 Å². The fourth-order valence-electron chi connectivity index (χ4n) is 5.17.